The molecule has 5 heteroatoms. The van der Waals surface area contributed by atoms with Crippen molar-refractivity contribution in [1.29, 1.82) is 0 Å². The van der Waals surface area contributed by atoms with Gasteiger partial charge in [-0.2, -0.15) is 5.10 Å². The molecule has 138 valence electrons. The molecule has 1 aromatic heterocycles. The highest BCUT2D eigenvalue weighted by Gasteiger charge is 2.14. The molecule has 4 rings (SSSR count). The molecule has 0 fully saturated rings. The Labute approximate surface area is 162 Å². The Morgan fingerprint density at radius 3 is 2.14 bits per heavy atom. The molecule has 0 saturated carbocycles. The van der Waals surface area contributed by atoms with Gasteiger partial charge in [0.1, 0.15) is 6.54 Å². The second kappa shape index (κ2) is 7.88. The molecular formula is C23H19N3O2. The minimum atomic E-state index is -0.273. The molecule has 4 aromatic rings. The van der Waals surface area contributed by atoms with Crippen molar-refractivity contribution in [3.05, 3.63) is 101 Å². The molecule has 1 N–H and O–H groups in total. The first-order valence-electron chi connectivity index (χ1n) is 9.08. The summed E-state index contributed by atoms with van der Waals surface area (Å²) in [5.41, 5.74) is 2.31. The minimum Gasteiger partial charge on any atom is -0.350 e. The van der Waals surface area contributed by atoms with E-state index in [0.29, 0.717) is 17.6 Å². The maximum Gasteiger partial charge on any atom is 0.275 e. The number of amides is 1. The lowest BCUT2D eigenvalue weighted by Gasteiger charge is -2.11. The number of nitrogens with one attached hydrogen (secondary N) is 1. The third-order valence-corrected chi connectivity index (χ3v) is 4.54. The van der Waals surface area contributed by atoms with Gasteiger partial charge in [0.2, 0.25) is 5.91 Å². The van der Waals surface area contributed by atoms with E-state index in [1.807, 2.05) is 78.9 Å². The average Bonchev–Trinajstić information content (AvgIpc) is 2.76. The van der Waals surface area contributed by atoms with Gasteiger partial charge >= 0.3 is 0 Å². The molecule has 0 spiro atoms. The fourth-order valence-corrected chi connectivity index (χ4v) is 3.14. The molecule has 0 bridgehead atoms. The molecule has 0 saturated heterocycles. The average molecular weight is 369 g/mol. The Morgan fingerprint density at radius 1 is 0.821 bits per heavy atom. The van der Waals surface area contributed by atoms with E-state index >= 15 is 0 Å². The van der Waals surface area contributed by atoms with Crippen LogP contribution in [-0.2, 0) is 17.9 Å². The van der Waals surface area contributed by atoms with E-state index in [2.05, 4.69) is 10.4 Å². The van der Waals surface area contributed by atoms with Crippen LogP contribution in [0.25, 0.3) is 22.0 Å². The summed E-state index contributed by atoms with van der Waals surface area (Å²) in [6, 6.07) is 26.7. The first kappa shape index (κ1) is 17.7. The van der Waals surface area contributed by atoms with Crippen molar-refractivity contribution in [3.63, 3.8) is 0 Å². The second-order valence-electron chi connectivity index (χ2n) is 6.49. The lowest BCUT2D eigenvalue weighted by molar-refractivity contribution is -0.122. The van der Waals surface area contributed by atoms with Gasteiger partial charge in [-0.25, -0.2) is 4.68 Å². The summed E-state index contributed by atoms with van der Waals surface area (Å²) in [6.07, 6.45) is 0. The van der Waals surface area contributed by atoms with Crippen LogP contribution in [-0.4, -0.2) is 15.7 Å². The van der Waals surface area contributed by atoms with Gasteiger partial charge in [-0.3, -0.25) is 9.59 Å². The quantitative estimate of drug-likeness (QED) is 0.587. The van der Waals surface area contributed by atoms with Crippen LogP contribution in [0, 0.1) is 0 Å². The maximum atomic E-state index is 12.8. The van der Waals surface area contributed by atoms with Gasteiger partial charge in [0.05, 0.1) is 11.1 Å². The number of rotatable bonds is 5. The third-order valence-electron chi connectivity index (χ3n) is 4.54. The van der Waals surface area contributed by atoms with E-state index in [1.54, 1.807) is 6.07 Å². The fourth-order valence-electron chi connectivity index (χ4n) is 3.14. The third kappa shape index (κ3) is 3.69. The summed E-state index contributed by atoms with van der Waals surface area (Å²) >= 11 is 0. The van der Waals surface area contributed by atoms with E-state index in [9.17, 15) is 9.59 Å². The number of fused-ring (bicyclic) bond motifs is 1. The Kier molecular flexibility index (Phi) is 4.97. The number of carbonyl (C=O) groups excluding carboxylic acids is 1. The molecule has 0 aliphatic heterocycles. The lowest BCUT2D eigenvalue weighted by Crippen LogP contribution is -2.33. The second-order valence-corrected chi connectivity index (χ2v) is 6.49. The van der Waals surface area contributed by atoms with Gasteiger partial charge in [0.15, 0.2) is 0 Å². The molecule has 28 heavy (non-hydrogen) atoms. The van der Waals surface area contributed by atoms with Crippen molar-refractivity contribution < 1.29 is 4.79 Å². The van der Waals surface area contributed by atoms with Crippen LogP contribution in [0.3, 0.4) is 0 Å². The smallest absolute Gasteiger partial charge is 0.275 e. The minimum absolute atomic E-state index is 0.129. The standard InChI is InChI=1S/C23H19N3O2/c27-21(24-15-17-9-3-1-4-10-17)16-26-23(28)20-14-8-7-13-19(20)22(25-26)18-11-5-2-6-12-18/h1-14H,15-16H2,(H,24,27). The summed E-state index contributed by atoms with van der Waals surface area (Å²) in [5, 5.41) is 8.68. The highest BCUT2D eigenvalue weighted by Crippen LogP contribution is 2.24. The molecule has 0 aliphatic rings. The van der Waals surface area contributed by atoms with Gasteiger partial charge in [-0.05, 0) is 11.6 Å². The van der Waals surface area contributed by atoms with Crippen LogP contribution < -0.4 is 10.9 Å². The van der Waals surface area contributed by atoms with Crippen LogP contribution in [0.4, 0.5) is 0 Å². The Hall–Kier alpha value is -3.73. The number of hydrogen-bond acceptors (Lipinski definition) is 3. The van der Waals surface area contributed by atoms with Gasteiger partial charge in [0, 0.05) is 17.5 Å². The molecule has 1 heterocycles. The highest BCUT2D eigenvalue weighted by molar-refractivity contribution is 5.93. The van der Waals surface area contributed by atoms with Crippen LogP contribution in [0.15, 0.2) is 89.7 Å². The lowest BCUT2D eigenvalue weighted by atomic mass is 10.1. The number of benzene rings is 3. The van der Waals surface area contributed by atoms with E-state index < -0.39 is 0 Å². The highest BCUT2D eigenvalue weighted by atomic mass is 16.2. The summed E-state index contributed by atoms with van der Waals surface area (Å²) in [7, 11) is 0. The van der Waals surface area contributed by atoms with Crippen molar-refractivity contribution in [2.75, 3.05) is 0 Å². The van der Waals surface area contributed by atoms with Gasteiger partial charge in [-0.15, -0.1) is 0 Å². The van der Waals surface area contributed by atoms with Crippen molar-refractivity contribution in [2.45, 2.75) is 13.1 Å². The Balaban J connectivity index is 1.66. The summed E-state index contributed by atoms with van der Waals surface area (Å²) in [6.45, 7) is 0.282. The number of carbonyl (C=O) groups is 1. The zero-order chi connectivity index (χ0) is 19.3. The first-order valence-corrected chi connectivity index (χ1v) is 9.08. The van der Waals surface area contributed by atoms with E-state index in [-0.39, 0.29) is 18.0 Å². The molecule has 1 amide bonds. The summed E-state index contributed by atoms with van der Waals surface area (Å²) in [4.78, 5) is 25.3. The fraction of sp³-hybridized carbons (Fsp3) is 0.0870. The van der Waals surface area contributed by atoms with Crippen LogP contribution >= 0.6 is 0 Å². The monoisotopic (exact) mass is 369 g/mol. The molecule has 0 atom stereocenters. The molecule has 0 unspecified atom stereocenters. The van der Waals surface area contributed by atoms with Gasteiger partial charge in [-0.1, -0.05) is 78.9 Å². The molecule has 5 nitrogen and oxygen atoms in total. The van der Waals surface area contributed by atoms with Crippen molar-refractivity contribution >= 4 is 16.7 Å². The van der Waals surface area contributed by atoms with Gasteiger partial charge in [0.25, 0.3) is 5.56 Å². The van der Waals surface area contributed by atoms with E-state index in [4.69, 9.17) is 0 Å². The number of aromatic nitrogens is 2. The molecule has 3 aromatic carbocycles. The van der Waals surface area contributed by atoms with Crippen molar-refractivity contribution in [2.24, 2.45) is 0 Å². The zero-order valence-corrected chi connectivity index (χ0v) is 15.2. The zero-order valence-electron chi connectivity index (χ0n) is 15.2. The molecule has 0 radical (unpaired) electrons. The van der Waals surface area contributed by atoms with Crippen LogP contribution in [0.1, 0.15) is 5.56 Å². The molecule has 0 aliphatic carbocycles. The van der Waals surface area contributed by atoms with E-state index in [0.717, 1.165) is 16.5 Å². The Bertz CT molecular complexity index is 1170. The van der Waals surface area contributed by atoms with E-state index in [1.165, 1.54) is 4.68 Å². The van der Waals surface area contributed by atoms with Gasteiger partial charge < -0.3 is 5.32 Å². The summed E-state index contributed by atoms with van der Waals surface area (Å²) < 4.78 is 1.24. The van der Waals surface area contributed by atoms with Crippen molar-refractivity contribution in [3.8, 4) is 11.3 Å². The predicted octanol–water partition coefficient (Wildman–Crippen LogP) is 3.38. The largest absolute Gasteiger partial charge is 0.350 e. The molecular weight excluding hydrogens is 350 g/mol. The topological polar surface area (TPSA) is 64.0 Å². The number of hydrogen-bond donors (Lipinski definition) is 1. The maximum absolute atomic E-state index is 12.8. The Morgan fingerprint density at radius 2 is 1.43 bits per heavy atom. The van der Waals surface area contributed by atoms with Crippen LogP contribution in [0.2, 0.25) is 0 Å². The normalized spacial score (nSPS) is 10.7. The number of nitrogens with zero attached hydrogens (tertiary/aromatic N) is 2. The van der Waals surface area contributed by atoms with Crippen LogP contribution in [0.5, 0.6) is 0 Å². The summed E-state index contributed by atoms with van der Waals surface area (Å²) in [5.74, 6) is -0.257. The SMILES string of the molecule is O=C(Cn1nc(-c2ccccc2)c2ccccc2c1=O)NCc1ccccc1. The predicted molar refractivity (Wildman–Crippen MR) is 110 cm³/mol. The first-order chi connectivity index (χ1) is 13.7. The van der Waals surface area contributed by atoms with Crippen molar-refractivity contribution in [1.82, 2.24) is 15.1 Å².